The molecule has 0 radical (unpaired) electrons. The first-order valence-corrected chi connectivity index (χ1v) is 7.05. The number of amides is 1. The van der Waals surface area contributed by atoms with Gasteiger partial charge in [-0.25, -0.2) is 0 Å². The Morgan fingerprint density at radius 1 is 1.45 bits per heavy atom. The fourth-order valence-electron chi connectivity index (χ4n) is 1.90. The van der Waals surface area contributed by atoms with Gasteiger partial charge in [0.1, 0.15) is 5.75 Å². The SMILES string of the molecule is CCC(C)(CCO)NC(=O)/C=C/c1ccccc1OC(F)F. The van der Waals surface area contributed by atoms with Gasteiger partial charge in [-0.3, -0.25) is 4.79 Å². The van der Waals surface area contributed by atoms with Crippen LogP contribution in [-0.2, 0) is 4.79 Å². The van der Waals surface area contributed by atoms with Gasteiger partial charge in [-0.2, -0.15) is 8.78 Å². The van der Waals surface area contributed by atoms with Gasteiger partial charge < -0.3 is 15.2 Å². The normalized spacial score (nSPS) is 14.1. The van der Waals surface area contributed by atoms with Gasteiger partial charge in [-0.15, -0.1) is 0 Å². The monoisotopic (exact) mass is 313 g/mol. The third-order valence-corrected chi connectivity index (χ3v) is 3.42. The fourth-order valence-corrected chi connectivity index (χ4v) is 1.90. The van der Waals surface area contributed by atoms with Crippen LogP contribution >= 0.6 is 0 Å². The summed E-state index contributed by atoms with van der Waals surface area (Å²) in [6.07, 6.45) is 3.79. The van der Waals surface area contributed by atoms with Crippen molar-refractivity contribution in [3.05, 3.63) is 35.9 Å². The zero-order valence-corrected chi connectivity index (χ0v) is 12.7. The molecule has 1 unspecified atom stereocenters. The Morgan fingerprint density at radius 2 is 2.14 bits per heavy atom. The first kappa shape index (κ1) is 18.1. The summed E-state index contributed by atoms with van der Waals surface area (Å²) in [5.41, 5.74) is -0.117. The molecule has 1 rings (SSSR count). The minimum absolute atomic E-state index is 0.00941. The molecule has 4 nitrogen and oxygen atoms in total. The number of ether oxygens (including phenoxy) is 1. The van der Waals surface area contributed by atoms with Crippen molar-refractivity contribution in [1.29, 1.82) is 0 Å². The summed E-state index contributed by atoms with van der Waals surface area (Å²) in [5, 5.41) is 11.8. The van der Waals surface area contributed by atoms with Crippen LogP contribution in [0.5, 0.6) is 5.75 Å². The van der Waals surface area contributed by atoms with Crippen LogP contribution in [0.3, 0.4) is 0 Å². The smallest absolute Gasteiger partial charge is 0.387 e. The zero-order valence-electron chi connectivity index (χ0n) is 12.7. The van der Waals surface area contributed by atoms with Gasteiger partial charge in [0.15, 0.2) is 0 Å². The Labute approximate surface area is 128 Å². The van der Waals surface area contributed by atoms with Crippen molar-refractivity contribution in [2.75, 3.05) is 6.61 Å². The maximum absolute atomic E-state index is 12.3. The Hall–Kier alpha value is -1.95. The molecule has 6 heteroatoms. The van der Waals surface area contributed by atoms with Crippen molar-refractivity contribution >= 4 is 12.0 Å². The van der Waals surface area contributed by atoms with Gasteiger partial charge >= 0.3 is 6.61 Å². The molecule has 1 atom stereocenters. The van der Waals surface area contributed by atoms with Crippen molar-refractivity contribution in [1.82, 2.24) is 5.32 Å². The topological polar surface area (TPSA) is 58.6 Å². The van der Waals surface area contributed by atoms with E-state index < -0.39 is 12.2 Å². The second-order valence-electron chi connectivity index (χ2n) is 5.13. The van der Waals surface area contributed by atoms with E-state index in [9.17, 15) is 13.6 Å². The molecule has 0 aliphatic rings. The summed E-state index contributed by atoms with van der Waals surface area (Å²) in [4.78, 5) is 11.9. The number of benzene rings is 1. The highest BCUT2D eigenvalue weighted by Gasteiger charge is 2.22. The van der Waals surface area contributed by atoms with Crippen LogP contribution in [0.4, 0.5) is 8.78 Å². The van der Waals surface area contributed by atoms with E-state index in [4.69, 9.17) is 5.11 Å². The Kier molecular flexibility index (Phi) is 6.98. The largest absolute Gasteiger partial charge is 0.434 e. The average Bonchev–Trinajstić information content (AvgIpc) is 2.46. The Morgan fingerprint density at radius 3 is 2.73 bits per heavy atom. The number of hydrogen-bond acceptors (Lipinski definition) is 3. The molecule has 0 spiro atoms. The zero-order chi connectivity index (χ0) is 16.6. The summed E-state index contributed by atoms with van der Waals surface area (Å²) >= 11 is 0. The van der Waals surface area contributed by atoms with Crippen LogP contribution < -0.4 is 10.1 Å². The Bertz CT molecular complexity index is 520. The molecule has 0 aliphatic carbocycles. The van der Waals surface area contributed by atoms with E-state index in [2.05, 4.69) is 10.1 Å². The van der Waals surface area contributed by atoms with Crippen molar-refractivity contribution < 1.29 is 23.4 Å². The molecule has 0 saturated carbocycles. The van der Waals surface area contributed by atoms with Crippen molar-refractivity contribution in [2.45, 2.75) is 38.8 Å². The summed E-state index contributed by atoms with van der Waals surface area (Å²) in [7, 11) is 0. The van der Waals surface area contributed by atoms with E-state index in [0.29, 0.717) is 18.4 Å². The molecule has 2 N–H and O–H groups in total. The number of aliphatic hydroxyl groups is 1. The van der Waals surface area contributed by atoms with E-state index in [-0.39, 0.29) is 18.3 Å². The van der Waals surface area contributed by atoms with E-state index in [1.165, 1.54) is 18.2 Å². The van der Waals surface area contributed by atoms with E-state index in [0.717, 1.165) is 0 Å². The highest BCUT2D eigenvalue weighted by Crippen LogP contribution is 2.21. The quantitative estimate of drug-likeness (QED) is 0.725. The molecule has 0 saturated heterocycles. The van der Waals surface area contributed by atoms with Gasteiger partial charge in [-0.1, -0.05) is 25.1 Å². The van der Waals surface area contributed by atoms with Crippen LogP contribution in [0, 0.1) is 0 Å². The number of carbonyl (C=O) groups excluding carboxylic acids is 1. The number of halogens is 2. The highest BCUT2D eigenvalue weighted by molar-refractivity contribution is 5.92. The van der Waals surface area contributed by atoms with E-state index >= 15 is 0 Å². The predicted molar refractivity (Wildman–Crippen MR) is 80.6 cm³/mol. The molecular weight excluding hydrogens is 292 g/mol. The molecule has 1 aromatic carbocycles. The molecule has 0 heterocycles. The maximum Gasteiger partial charge on any atom is 0.387 e. The lowest BCUT2D eigenvalue weighted by atomic mass is 9.95. The summed E-state index contributed by atoms with van der Waals surface area (Å²) in [6.45, 7) is 0.796. The molecule has 1 aromatic rings. The minimum Gasteiger partial charge on any atom is -0.434 e. The van der Waals surface area contributed by atoms with Crippen LogP contribution in [-0.4, -0.2) is 29.8 Å². The van der Waals surface area contributed by atoms with Crippen molar-refractivity contribution in [3.63, 3.8) is 0 Å². The number of rotatable bonds is 8. The molecule has 0 fully saturated rings. The summed E-state index contributed by atoms with van der Waals surface area (Å²) in [6, 6.07) is 6.22. The predicted octanol–water partition coefficient (Wildman–Crippen LogP) is 2.97. The number of alkyl halides is 2. The fraction of sp³-hybridized carbons (Fsp3) is 0.438. The molecule has 0 aliphatic heterocycles. The van der Waals surface area contributed by atoms with Gasteiger partial charge in [0.25, 0.3) is 0 Å². The lowest BCUT2D eigenvalue weighted by molar-refractivity contribution is -0.118. The van der Waals surface area contributed by atoms with Crippen LogP contribution in [0.25, 0.3) is 6.08 Å². The number of para-hydroxylation sites is 1. The first-order chi connectivity index (χ1) is 10.4. The third-order valence-electron chi connectivity index (χ3n) is 3.42. The van der Waals surface area contributed by atoms with Crippen LogP contribution in [0.1, 0.15) is 32.3 Å². The van der Waals surface area contributed by atoms with Gasteiger partial charge in [0.2, 0.25) is 5.91 Å². The van der Waals surface area contributed by atoms with Gasteiger partial charge in [0, 0.05) is 23.8 Å². The molecule has 0 aromatic heterocycles. The average molecular weight is 313 g/mol. The first-order valence-electron chi connectivity index (χ1n) is 7.05. The number of aliphatic hydroxyl groups excluding tert-OH is 1. The number of nitrogens with one attached hydrogen (secondary N) is 1. The lowest BCUT2D eigenvalue weighted by Gasteiger charge is -2.28. The van der Waals surface area contributed by atoms with Gasteiger partial charge in [-0.05, 0) is 31.9 Å². The van der Waals surface area contributed by atoms with E-state index in [1.54, 1.807) is 18.2 Å². The highest BCUT2D eigenvalue weighted by atomic mass is 19.3. The van der Waals surface area contributed by atoms with Crippen molar-refractivity contribution in [3.8, 4) is 5.75 Å². The summed E-state index contributed by atoms with van der Waals surface area (Å²) < 4.78 is 29.0. The van der Waals surface area contributed by atoms with E-state index in [1.807, 2.05) is 13.8 Å². The maximum atomic E-state index is 12.3. The number of carbonyl (C=O) groups is 1. The molecule has 122 valence electrons. The molecule has 0 bridgehead atoms. The standard InChI is InChI=1S/C16H21F2NO3/c1-3-16(2,10-11-20)19-14(21)9-8-12-6-4-5-7-13(12)22-15(17)18/h4-9,15,20H,3,10-11H2,1-2H3,(H,19,21)/b9-8+. The second kappa shape index (κ2) is 8.48. The van der Waals surface area contributed by atoms with Crippen LogP contribution in [0.2, 0.25) is 0 Å². The molecule has 1 amide bonds. The molecule has 22 heavy (non-hydrogen) atoms. The Balaban J connectivity index is 2.78. The lowest BCUT2D eigenvalue weighted by Crippen LogP contribution is -2.45. The number of hydrogen-bond donors (Lipinski definition) is 2. The minimum atomic E-state index is -2.92. The summed E-state index contributed by atoms with van der Waals surface area (Å²) in [5.74, 6) is -0.347. The second-order valence-corrected chi connectivity index (χ2v) is 5.13. The third kappa shape index (κ3) is 5.81. The van der Waals surface area contributed by atoms with Crippen LogP contribution in [0.15, 0.2) is 30.3 Å². The van der Waals surface area contributed by atoms with Crippen molar-refractivity contribution in [2.24, 2.45) is 0 Å². The van der Waals surface area contributed by atoms with Gasteiger partial charge in [0.05, 0.1) is 0 Å². The molecular formula is C16H21F2NO3.